The summed E-state index contributed by atoms with van der Waals surface area (Å²) in [5, 5.41) is 15.5. The van der Waals surface area contributed by atoms with Gasteiger partial charge in [0.15, 0.2) is 6.61 Å². The Labute approximate surface area is 141 Å². The standard InChI is InChI=1S/C16H14FN3O5/c17-11-4-6-12(7-5-11)19-15(21)9-18-16(22)10-25-14-3-1-2-13(8-14)20(23)24/h1-8H,9-10H2,(H,18,22)(H,19,21). The first-order valence-electron chi connectivity index (χ1n) is 7.13. The van der Waals surface area contributed by atoms with E-state index in [1.807, 2.05) is 0 Å². The summed E-state index contributed by atoms with van der Waals surface area (Å²) in [4.78, 5) is 33.4. The number of hydrogen-bond donors (Lipinski definition) is 2. The fraction of sp³-hybridized carbons (Fsp3) is 0.125. The van der Waals surface area contributed by atoms with Crippen molar-refractivity contribution >= 4 is 23.2 Å². The molecule has 0 aliphatic rings. The highest BCUT2D eigenvalue weighted by atomic mass is 19.1. The van der Waals surface area contributed by atoms with E-state index in [0.29, 0.717) is 5.69 Å². The SMILES string of the molecule is O=C(COc1cccc([N+](=O)[O-])c1)NCC(=O)Nc1ccc(F)cc1. The van der Waals surface area contributed by atoms with Gasteiger partial charge in [-0.05, 0) is 30.3 Å². The second kappa shape index (κ2) is 8.39. The van der Waals surface area contributed by atoms with Crippen LogP contribution in [0.25, 0.3) is 0 Å². The van der Waals surface area contributed by atoms with Crippen molar-refractivity contribution in [3.8, 4) is 5.75 Å². The summed E-state index contributed by atoms with van der Waals surface area (Å²) >= 11 is 0. The number of nitrogens with one attached hydrogen (secondary N) is 2. The van der Waals surface area contributed by atoms with Crippen molar-refractivity contribution in [1.82, 2.24) is 5.32 Å². The molecule has 0 saturated heterocycles. The Hall–Kier alpha value is -3.49. The fourth-order valence-corrected chi connectivity index (χ4v) is 1.80. The van der Waals surface area contributed by atoms with Gasteiger partial charge in [0.05, 0.1) is 17.5 Å². The first-order valence-corrected chi connectivity index (χ1v) is 7.13. The van der Waals surface area contributed by atoms with Crippen LogP contribution in [0.4, 0.5) is 15.8 Å². The Morgan fingerprint density at radius 2 is 1.84 bits per heavy atom. The molecule has 0 radical (unpaired) electrons. The number of carbonyl (C=O) groups excluding carboxylic acids is 2. The van der Waals surface area contributed by atoms with Crippen molar-refractivity contribution in [2.24, 2.45) is 0 Å². The number of nitrogens with zero attached hydrogens (tertiary/aromatic N) is 1. The Bertz CT molecular complexity index is 780. The van der Waals surface area contributed by atoms with Gasteiger partial charge in [0.2, 0.25) is 5.91 Å². The molecule has 2 rings (SSSR count). The molecule has 0 aliphatic heterocycles. The zero-order valence-electron chi connectivity index (χ0n) is 12.9. The minimum Gasteiger partial charge on any atom is -0.484 e. The van der Waals surface area contributed by atoms with Gasteiger partial charge in [-0.3, -0.25) is 19.7 Å². The summed E-state index contributed by atoms with van der Waals surface area (Å²) in [6.45, 7) is -0.695. The maximum absolute atomic E-state index is 12.8. The smallest absolute Gasteiger partial charge is 0.273 e. The molecule has 9 heteroatoms. The lowest BCUT2D eigenvalue weighted by molar-refractivity contribution is -0.384. The first kappa shape index (κ1) is 17.9. The average molecular weight is 347 g/mol. The van der Waals surface area contributed by atoms with Crippen LogP contribution in [0.1, 0.15) is 0 Å². The van der Waals surface area contributed by atoms with E-state index in [1.165, 1.54) is 48.5 Å². The van der Waals surface area contributed by atoms with Gasteiger partial charge in [0.25, 0.3) is 11.6 Å². The van der Waals surface area contributed by atoms with E-state index in [9.17, 15) is 24.1 Å². The monoisotopic (exact) mass is 347 g/mol. The minimum absolute atomic E-state index is 0.156. The van der Waals surface area contributed by atoms with E-state index in [1.54, 1.807) is 0 Å². The number of benzene rings is 2. The topological polar surface area (TPSA) is 111 Å². The molecule has 0 fully saturated rings. The lowest BCUT2D eigenvalue weighted by atomic mass is 10.3. The number of rotatable bonds is 7. The second-order valence-corrected chi connectivity index (χ2v) is 4.87. The number of amides is 2. The first-order chi connectivity index (χ1) is 11.9. The molecule has 2 aromatic carbocycles. The van der Waals surface area contributed by atoms with Gasteiger partial charge < -0.3 is 15.4 Å². The minimum atomic E-state index is -0.577. The van der Waals surface area contributed by atoms with Gasteiger partial charge in [-0.1, -0.05) is 6.07 Å². The molecule has 0 atom stereocenters. The van der Waals surface area contributed by atoms with E-state index in [4.69, 9.17) is 4.74 Å². The highest BCUT2D eigenvalue weighted by Gasteiger charge is 2.09. The molecule has 2 amide bonds. The van der Waals surface area contributed by atoms with Crippen LogP contribution in [0, 0.1) is 15.9 Å². The molecule has 0 bridgehead atoms. The largest absolute Gasteiger partial charge is 0.484 e. The number of non-ortho nitro benzene ring substituents is 1. The van der Waals surface area contributed by atoms with E-state index >= 15 is 0 Å². The summed E-state index contributed by atoms with van der Waals surface area (Å²) in [5.41, 5.74) is 0.241. The number of ether oxygens (including phenoxy) is 1. The zero-order chi connectivity index (χ0) is 18.2. The number of nitro benzene ring substituents is 1. The normalized spacial score (nSPS) is 9.96. The second-order valence-electron chi connectivity index (χ2n) is 4.87. The van der Waals surface area contributed by atoms with Crippen LogP contribution < -0.4 is 15.4 Å². The third-order valence-corrected chi connectivity index (χ3v) is 2.97. The van der Waals surface area contributed by atoms with Gasteiger partial charge in [-0.2, -0.15) is 0 Å². The molecule has 2 N–H and O–H groups in total. The predicted octanol–water partition coefficient (Wildman–Crippen LogP) is 1.87. The van der Waals surface area contributed by atoms with E-state index < -0.39 is 29.2 Å². The number of carbonyl (C=O) groups is 2. The summed E-state index contributed by atoms with van der Waals surface area (Å²) in [6.07, 6.45) is 0. The Kier molecular flexibility index (Phi) is 5.99. The molecule has 0 unspecified atom stereocenters. The van der Waals surface area contributed by atoms with Crippen molar-refractivity contribution < 1.29 is 23.6 Å². The van der Waals surface area contributed by atoms with Crippen molar-refractivity contribution in [1.29, 1.82) is 0 Å². The van der Waals surface area contributed by atoms with E-state index in [2.05, 4.69) is 10.6 Å². The third kappa shape index (κ3) is 5.90. The van der Waals surface area contributed by atoms with Gasteiger partial charge in [0, 0.05) is 11.8 Å². The molecule has 25 heavy (non-hydrogen) atoms. The average Bonchev–Trinajstić information content (AvgIpc) is 2.60. The van der Waals surface area contributed by atoms with Gasteiger partial charge in [0.1, 0.15) is 11.6 Å². The highest BCUT2D eigenvalue weighted by molar-refractivity contribution is 5.94. The molecular weight excluding hydrogens is 333 g/mol. The fourth-order valence-electron chi connectivity index (χ4n) is 1.80. The van der Waals surface area contributed by atoms with Crippen LogP contribution in [-0.4, -0.2) is 29.9 Å². The molecular formula is C16H14FN3O5. The van der Waals surface area contributed by atoms with E-state index in [-0.39, 0.29) is 18.0 Å². The molecule has 2 aromatic rings. The number of anilines is 1. The van der Waals surface area contributed by atoms with Crippen LogP contribution in [-0.2, 0) is 9.59 Å². The van der Waals surface area contributed by atoms with Gasteiger partial charge in [-0.15, -0.1) is 0 Å². The van der Waals surface area contributed by atoms with Crippen LogP contribution in [0.5, 0.6) is 5.75 Å². The Balaban J connectivity index is 1.75. The summed E-state index contributed by atoms with van der Waals surface area (Å²) in [5.74, 6) is -1.32. The molecule has 0 aromatic heterocycles. The van der Waals surface area contributed by atoms with Crippen molar-refractivity contribution in [2.75, 3.05) is 18.5 Å². The Morgan fingerprint density at radius 1 is 1.12 bits per heavy atom. The molecule has 0 spiro atoms. The van der Waals surface area contributed by atoms with Crippen molar-refractivity contribution in [3.63, 3.8) is 0 Å². The molecule has 0 saturated carbocycles. The van der Waals surface area contributed by atoms with Crippen LogP contribution in [0.15, 0.2) is 48.5 Å². The van der Waals surface area contributed by atoms with Crippen LogP contribution in [0.3, 0.4) is 0 Å². The molecule has 0 heterocycles. The molecule has 0 aliphatic carbocycles. The highest BCUT2D eigenvalue weighted by Crippen LogP contribution is 2.18. The maximum atomic E-state index is 12.8. The van der Waals surface area contributed by atoms with Gasteiger partial charge >= 0.3 is 0 Å². The predicted molar refractivity (Wildman–Crippen MR) is 86.6 cm³/mol. The molecule has 8 nitrogen and oxygen atoms in total. The van der Waals surface area contributed by atoms with Crippen LogP contribution >= 0.6 is 0 Å². The lowest BCUT2D eigenvalue weighted by Gasteiger charge is -2.08. The number of nitro groups is 1. The Morgan fingerprint density at radius 3 is 2.52 bits per heavy atom. The lowest BCUT2D eigenvalue weighted by Crippen LogP contribution is -2.35. The summed E-state index contributed by atoms with van der Waals surface area (Å²) in [6, 6.07) is 10.6. The zero-order valence-corrected chi connectivity index (χ0v) is 12.9. The van der Waals surface area contributed by atoms with Crippen LogP contribution in [0.2, 0.25) is 0 Å². The number of hydrogen-bond acceptors (Lipinski definition) is 5. The summed E-state index contributed by atoms with van der Waals surface area (Å²) in [7, 11) is 0. The quantitative estimate of drug-likeness (QED) is 0.587. The summed E-state index contributed by atoms with van der Waals surface area (Å²) < 4.78 is 17.9. The molecule has 130 valence electrons. The maximum Gasteiger partial charge on any atom is 0.273 e. The van der Waals surface area contributed by atoms with Crippen molar-refractivity contribution in [3.05, 3.63) is 64.5 Å². The third-order valence-electron chi connectivity index (χ3n) is 2.97. The number of halogens is 1. The van der Waals surface area contributed by atoms with Crippen molar-refractivity contribution in [2.45, 2.75) is 0 Å². The van der Waals surface area contributed by atoms with Gasteiger partial charge in [-0.25, -0.2) is 4.39 Å². The van der Waals surface area contributed by atoms with E-state index in [0.717, 1.165) is 0 Å².